The Balaban J connectivity index is 1.51. The van der Waals surface area contributed by atoms with E-state index in [1.807, 2.05) is 23.0 Å². The quantitative estimate of drug-likeness (QED) is 0.692. The Bertz CT molecular complexity index is 1180. The highest BCUT2D eigenvalue weighted by Gasteiger charge is 2.26. The predicted octanol–water partition coefficient (Wildman–Crippen LogP) is 3.98. The number of nitrogens with zero attached hydrogens (tertiary/aromatic N) is 2. The van der Waals surface area contributed by atoms with E-state index in [0.717, 1.165) is 28.1 Å². The fourth-order valence-corrected chi connectivity index (χ4v) is 5.56. The lowest BCUT2D eigenvalue weighted by atomic mass is 10.1. The zero-order chi connectivity index (χ0) is 20.8. The van der Waals surface area contributed by atoms with Crippen molar-refractivity contribution >= 4 is 9.84 Å². The third-order valence-electron chi connectivity index (χ3n) is 5.82. The molecule has 2 aromatic carbocycles. The van der Waals surface area contributed by atoms with Crippen molar-refractivity contribution in [3.63, 3.8) is 0 Å². The third kappa shape index (κ3) is 3.74. The van der Waals surface area contributed by atoms with Gasteiger partial charge in [-0.05, 0) is 68.5 Å². The summed E-state index contributed by atoms with van der Waals surface area (Å²) in [5.41, 5.74) is 7.85. The Morgan fingerprint density at radius 2 is 1.93 bits per heavy atom. The summed E-state index contributed by atoms with van der Waals surface area (Å²) in [7, 11) is -3.06. The molecule has 0 radical (unpaired) electrons. The number of fused-ring (bicyclic) bond motifs is 1. The van der Waals surface area contributed by atoms with Gasteiger partial charge in [0, 0.05) is 23.8 Å². The van der Waals surface area contributed by atoms with Crippen molar-refractivity contribution in [2.45, 2.75) is 51.6 Å². The van der Waals surface area contributed by atoms with E-state index in [4.69, 9.17) is 0 Å². The van der Waals surface area contributed by atoms with E-state index >= 15 is 0 Å². The number of aromatic nitrogens is 2. The van der Waals surface area contributed by atoms with Gasteiger partial charge in [-0.15, -0.1) is 0 Å². The van der Waals surface area contributed by atoms with Gasteiger partial charge in [0.1, 0.15) is 0 Å². The van der Waals surface area contributed by atoms with Gasteiger partial charge in [-0.1, -0.05) is 24.3 Å². The Morgan fingerprint density at radius 3 is 2.72 bits per heavy atom. The van der Waals surface area contributed by atoms with Crippen molar-refractivity contribution in [2.24, 2.45) is 0 Å². The molecular weight excluding hydrogens is 382 g/mol. The molecule has 1 aliphatic heterocycles. The number of nitrogens with one attached hydrogen (secondary N) is 1. The van der Waals surface area contributed by atoms with Crippen LogP contribution in [0.25, 0.3) is 5.69 Å². The maximum Gasteiger partial charge on any atom is 0.178 e. The zero-order valence-electron chi connectivity index (χ0n) is 17.4. The molecule has 5 nitrogen and oxygen atoms in total. The minimum absolute atomic E-state index is 0.130. The highest BCUT2D eigenvalue weighted by Crippen LogP contribution is 2.27. The number of hydrogen-bond donors (Lipinski definition) is 1. The molecule has 0 bridgehead atoms. The summed E-state index contributed by atoms with van der Waals surface area (Å²) >= 11 is 0. The van der Waals surface area contributed by atoms with Crippen LogP contribution in [0.2, 0.25) is 0 Å². The van der Waals surface area contributed by atoms with Gasteiger partial charge in [0.05, 0.1) is 22.5 Å². The van der Waals surface area contributed by atoms with Crippen LogP contribution in [0.5, 0.6) is 0 Å². The molecule has 1 aromatic heterocycles. The van der Waals surface area contributed by atoms with Crippen molar-refractivity contribution in [3.05, 3.63) is 76.1 Å². The molecule has 0 fully saturated rings. The molecule has 1 N–H and O–H groups in total. The van der Waals surface area contributed by atoms with Crippen LogP contribution in [0.1, 0.15) is 46.5 Å². The van der Waals surface area contributed by atoms with Crippen molar-refractivity contribution < 1.29 is 8.42 Å². The summed E-state index contributed by atoms with van der Waals surface area (Å²) < 4.78 is 26.0. The van der Waals surface area contributed by atoms with Gasteiger partial charge >= 0.3 is 0 Å². The average molecular weight is 410 g/mol. The van der Waals surface area contributed by atoms with Crippen LogP contribution in [0, 0.1) is 20.8 Å². The first kappa shape index (κ1) is 19.9. The Hall–Kier alpha value is -2.44. The molecular formula is C23H27N3O2S. The molecule has 0 saturated heterocycles. The van der Waals surface area contributed by atoms with E-state index < -0.39 is 9.84 Å². The summed E-state index contributed by atoms with van der Waals surface area (Å²) in [5.74, 6) is 0.229. The standard InChI is InChI=1S/C23H27N3O2S/c1-15-5-6-16(2)22(11-15)26-18(4)21(14-25-26)17(3)24-13-19-7-8-23-20(12-19)9-10-29(23,27)28/h5-8,11-12,14,17,24H,9-10,13H2,1-4H3. The van der Waals surface area contributed by atoms with E-state index in [2.05, 4.69) is 56.3 Å². The maximum atomic E-state index is 12.0. The minimum atomic E-state index is -3.06. The minimum Gasteiger partial charge on any atom is -0.306 e. The zero-order valence-corrected chi connectivity index (χ0v) is 18.2. The normalized spacial score (nSPS) is 16.0. The van der Waals surface area contributed by atoms with Gasteiger partial charge in [0.25, 0.3) is 0 Å². The summed E-state index contributed by atoms with van der Waals surface area (Å²) in [6.45, 7) is 9.11. The first-order chi connectivity index (χ1) is 13.8. The molecule has 152 valence electrons. The second-order valence-electron chi connectivity index (χ2n) is 8.00. The number of sulfone groups is 1. The molecule has 0 amide bonds. The third-order valence-corrected chi connectivity index (χ3v) is 7.63. The Labute approximate surface area is 172 Å². The molecule has 0 saturated carbocycles. The first-order valence-electron chi connectivity index (χ1n) is 9.96. The summed E-state index contributed by atoms with van der Waals surface area (Å²) in [6, 6.07) is 12.2. The van der Waals surface area contributed by atoms with Crippen LogP contribution in [0.4, 0.5) is 0 Å². The smallest absolute Gasteiger partial charge is 0.178 e. The van der Waals surface area contributed by atoms with Gasteiger partial charge in [-0.2, -0.15) is 5.10 Å². The number of aryl methyl sites for hydroxylation is 3. The molecule has 1 aliphatic rings. The molecule has 6 heteroatoms. The van der Waals surface area contributed by atoms with Crippen LogP contribution in [0.15, 0.2) is 47.5 Å². The van der Waals surface area contributed by atoms with Crippen molar-refractivity contribution in [1.82, 2.24) is 15.1 Å². The average Bonchev–Trinajstić information content (AvgIpc) is 3.21. The largest absolute Gasteiger partial charge is 0.306 e. The Kier molecular flexibility index (Phi) is 5.09. The molecule has 1 atom stereocenters. The van der Waals surface area contributed by atoms with Crippen LogP contribution in [0.3, 0.4) is 0 Å². The highest BCUT2D eigenvalue weighted by atomic mass is 32.2. The van der Waals surface area contributed by atoms with Gasteiger partial charge in [0.15, 0.2) is 9.84 Å². The van der Waals surface area contributed by atoms with Gasteiger partial charge in [-0.3, -0.25) is 0 Å². The highest BCUT2D eigenvalue weighted by molar-refractivity contribution is 7.91. The predicted molar refractivity (Wildman–Crippen MR) is 115 cm³/mol. The second-order valence-corrected chi connectivity index (χ2v) is 10.1. The fraction of sp³-hybridized carbons (Fsp3) is 0.348. The molecule has 0 aliphatic carbocycles. The number of rotatable bonds is 5. The first-order valence-corrected chi connectivity index (χ1v) is 11.6. The van der Waals surface area contributed by atoms with Gasteiger partial charge in [0.2, 0.25) is 0 Å². The Morgan fingerprint density at radius 1 is 1.14 bits per heavy atom. The molecule has 0 spiro atoms. The van der Waals surface area contributed by atoms with Crippen LogP contribution < -0.4 is 5.32 Å². The summed E-state index contributed by atoms with van der Waals surface area (Å²) in [5, 5.41) is 8.19. The topological polar surface area (TPSA) is 64.0 Å². The van der Waals surface area contributed by atoms with Gasteiger partial charge in [-0.25, -0.2) is 13.1 Å². The SMILES string of the molecule is Cc1ccc(C)c(-n2ncc(C(C)NCc3ccc4c(c3)CCS4(=O)=O)c2C)c1. The lowest BCUT2D eigenvalue weighted by Crippen LogP contribution is -2.19. The fourth-order valence-electron chi connectivity index (χ4n) is 4.01. The van der Waals surface area contributed by atoms with Crippen molar-refractivity contribution in [1.29, 1.82) is 0 Å². The second kappa shape index (κ2) is 7.43. The van der Waals surface area contributed by atoms with Crippen molar-refractivity contribution in [3.8, 4) is 5.69 Å². The molecule has 2 heterocycles. The lowest BCUT2D eigenvalue weighted by molar-refractivity contribution is 0.571. The van der Waals surface area contributed by atoms with E-state index in [0.29, 0.717) is 17.9 Å². The number of hydrogen-bond acceptors (Lipinski definition) is 4. The monoisotopic (exact) mass is 409 g/mol. The van der Waals surface area contributed by atoms with E-state index in [1.54, 1.807) is 6.07 Å². The van der Waals surface area contributed by atoms with Gasteiger partial charge < -0.3 is 5.32 Å². The lowest BCUT2D eigenvalue weighted by Gasteiger charge is -2.15. The summed E-state index contributed by atoms with van der Waals surface area (Å²) in [4.78, 5) is 0.500. The molecule has 3 aromatic rings. The van der Waals surface area contributed by atoms with Crippen LogP contribution in [-0.4, -0.2) is 24.0 Å². The van der Waals surface area contributed by atoms with E-state index in [9.17, 15) is 8.42 Å². The van der Waals surface area contributed by atoms with Crippen LogP contribution in [-0.2, 0) is 22.8 Å². The molecule has 29 heavy (non-hydrogen) atoms. The molecule has 1 unspecified atom stereocenters. The van der Waals surface area contributed by atoms with E-state index in [1.165, 1.54) is 11.1 Å². The van der Waals surface area contributed by atoms with E-state index in [-0.39, 0.29) is 11.8 Å². The summed E-state index contributed by atoms with van der Waals surface area (Å²) in [6.07, 6.45) is 2.55. The van der Waals surface area contributed by atoms with Crippen LogP contribution >= 0.6 is 0 Å². The maximum absolute atomic E-state index is 12.0. The number of benzene rings is 2. The van der Waals surface area contributed by atoms with Crippen molar-refractivity contribution in [2.75, 3.05) is 5.75 Å². The molecule has 4 rings (SSSR count).